The van der Waals surface area contributed by atoms with Gasteiger partial charge in [-0.1, -0.05) is 0 Å². The van der Waals surface area contributed by atoms with Gasteiger partial charge in [0.05, 0.1) is 0 Å². The molecule has 1 radical (unpaired) electrons. The van der Waals surface area contributed by atoms with E-state index in [0.717, 1.165) is 19.3 Å². The predicted octanol–water partition coefficient (Wildman–Crippen LogP) is 3.23. The molecule has 0 spiro atoms. The van der Waals surface area contributed by atoms with Crippen molar-refractivity contribution in [2.24, 2.45) is 0 Å². The normalized spacial score (nSPS) is 18.1. The third kappa shape index (κ3) is 10.3. The minimum atomic E-state index is 0. The maximum atomic E-state index is 10.8. The second kappa shape index (κ2) is 11.9. The van der Waals surface area contributed by atoms with Crippen molar-refractivity contribution in [3.05, 3.63) is 31.7 Å². The quantitative estimate of drug-likeness (QED) is 0.573. The number of hydrogen-bond acceptors (Lipinski definition) is 2. The van der Waals surface area contributed by atoms with Crippen LogP contribution in [0.5, 0.6) is 0 Å². The molecular weight excluding hydrogens is 392 g/mol. The molecule has 2 rings (SSSR count). The van der Waals surface area contributed by atoms with Crippen molar-refractivity contribution in [3.8, 4) is 0 Å². The first-order valence-electron chi connectivity index (χ1n) is 5.54. The van der Waals surface area contributed by atoms with Gasteiger partial charge in [0.2, 0.25) is 0 Å². The molecule has 0 unspecified atom stereocenters. The van der Waals surface area contributed by atoms with Gasteiger partial charge in [-0.25, -0.2) is 12.2 Å². The Morgan fingerprint density at radius 2 is 1.41 bits per heavy atom. The molecule has 3 heteroatoms. The molecule has 0 aromatic carbocycles. The molecule has 2 aliphatic rings. The molecule has 0 atom stereocenters. The van der Waals surface area contributed by atoms with Gasteiger partial charge >= 0.3 is 0 Å². The van der Waals surface area contributed by atoms with E-state index in [1.54, 1.807) is 0 Å². The number of allylic oxidation sites excluding steroid dienone is 4. The Kier molecular flexibility index (Phi) is 13.2. The summed E-state index contributed by atoms with van der Waals surface area (Å²) in [5.41, 5.74) is 0. The van der Waals surface area contributed by atoms with Crippen LogP contribution in [0.1, 0.15) is 44.9 Å². The number of rotatable bonds is 0. The van der Waals surface area contributed by atoms with Crippen LogP contribution in [0.4, 0.5) is 0 Å². The maximum absolute atomic E-state index is 10.8. The summed E-state index contributed by atoms with van der Waals surface area (Å²) in [5, 5.41) is 0. The Balaban J connectivity index is 0. The zero-order valence-electron chi connectivity index (χ0n) is 10.3. The summed E-state index contributed by atoms with van der Waals surface area (Å²) < 4.78 is 0. The van der Waals surface area contributed by atoms with Crippen LogP contribution in [-0.2, 0) is 29.7 Å². The van der Waals surface area contributed by atoms with Crippen LogP contribution < -0.4 is 0 Å². The summed E-state index contributed by atoms with van der Waals surface area (Å²) in [6, 6.07) is 0. The molecule has 0 bridgehead atoms. The summed E-state index contributed by atoms with van der Waals surface area (Å²) in [6.07, 6.45) is 14.0. The molecule has 0 heterocycles. The van der Waals surface area contributed by atoms with E-state index in [1.807, 2.05) is 12.2 Å². The average molecular weight is 413 g/mol. The Bertz CT molecular complexity index is 240. The fourth-order valence-corrected chi connectivity index (χ4v) is 1.56. The summed E-state index contributed by atoms with van der Waals surface area (Å²) >= 11 is 0. The third-order valence-electron chi connectivity index (χ3n) is 2.41. The van der Waals surface area contributed by atoms with E-state index in [1.165, 1.54) is 0 Å². The van der Waals surface area contributed by atoms with Gasteiger partial charge in [-0.3, -0.25) is 15.7 Å². The van der Waals surface area contributed by atoms with Crippen LogP contribution in [0.25, 0.3) is 0 Å². The summed E-state index contributed by atoms with van der Waals surface area (Å²) in [4.78, 5) is 21.7. The number of carbonyl (C=O) groups excluding carboxylic acids is 2. The SMILES string of the molecule is O=C1CCCC(=O)CCC1.[C-]1=CC=CC1.[CH3-].[Ir]. The van der Waals surface area contributed by atoms with Gasteiger partial charge < -0.3 is 7.43 Å². The van der Waals surface area contributed by atoms with Crippen molar-refractivity contribution in [2.75, 3.05) is 0 Å². The van der Waals surface area contributed by atoms with Crippen LogP contribution in [0.2, 0.25) is 0 Å². The van der Waals surface area contributed by atoms with Crippen molar-refractivity contribution in [1.29, 1.82) is 0 Å². The first-order valence-corrected chi connectivity index (χ1v) is 5.54. The smallest absolute Gasteiger partial charge is 0.132 e. The van der Waals surface area contributed by atoms with E-state index in [2.05, 4.69) is 12.2 Å². The van der Waals surface area contributed by atoms with E-state index < -0.39 is 0 Å². The Hall–Kier alpha value is -0.531. The third-order valence-corrected chi connectivity index (χ3v) is 2.41. The molecule has 99 valence electrons. The monoisotopic (exact) mass is 413 g/mol. The number of Topliss-reactive ketones (excluding diaryl/α,β-unsaturated/α-hetero) is 2. The summed E-state index contributed by atoms with van der Waals surface area (Å²) in [5.74, 6) is 0.653. The zero-order chi connectivity index (χ0) is 10.9. The molecule has 17 heavy (non-hydrogen) atoms. The standard InChI is InChI=1S/C8H12O2.C5H5.CH3.Ir/c9-7-3-1-4-8(10)6-2-5-7;1-2-4-5-3-1;;/h1-6H2;1-3H,4H2;1H3;/q;2*-1;. The molecule has 1 fully saturated rings. The molecule has 0 N–H and O–H groups in total. The fourth-order valence-electron chi connectivity index (χ4n) is 1.56. The van der Waals surface area contributed by atoms with E-state index >= 15 is 0 Å². The maximum Gasteiger partial charge on any atom is 0.132 e. The summed E-state index contributed by atoms with van der Waals surface area (Å²) in [6.45, 7) is 0. The van der Waals surface area contributed by atoms with Crippen LogP contribution in [0.15, 0.2) is 18.2 Å². The minimum Gasteiger partial charge on any atom is -0.358 e. The van der Waals surface area contributed by atoms with E-state index in [4.69, 9.17) is 0 Å². The fraction of sp³-hybridized carbons (Fsp3) is 0.500. The molecule has 0 aromatic rings. The first kappa shape index (κ1) is 18.8. The second-order valence-electron chi connectivity index (χ2n) is 3.79. The van der Waals surface area contributed by atoms with Gasteiger partial charge in [0.25, 0.3) is 0 Å². The van der Waals surface area contributed by atoms with Crippen LogP contribution in [-0.4, -0.2) is 11.6 Å². The van der Waals surface area contributed by atoms with Gasteiger partial charge in [-0.2, -0.15) is 6.08 Å². The van der Waals surface area contributed by atoms with Crippen molar-refractivity contribution in [3.63, 3.8) is 0 Å². The predicted molar refractivity (Wildman–Crippen MR) is 65.7 cm³/mol. The summed E-state index contributed by atoms with van der Waals surface area (Å²) in [7, 11) is 0. The molecule has 0 aromatic heterocycles. The van der Waals surface area contributed by atoms with E-state index in [0.29, 0.717) is 37.2 Å². The minimum absolute atomic E-state index is 0. The number of hydrogen-bond donors (Lipinski definition) is 0. The van der Waals surface area contributed by atoms with Crippen molar-refractivity contribution in [2.45, 2.75) is 44.9 Å². The zero-order valence-corrected chi connectivity index (χ0v) is 12.7. The Morgan fingerprint density at radius 1 is 0.941 bits per heavy atom. The Labute approximate surface area is 118 Å². The Morgan fingerprint density at radius 3 is 1.65 bits per heavy atom. The van der Waals surface area contributed by atoms with Crippen LogP contribution >= 0.6 is 0 Å². The molecule has 2 nitrogen and oxygen atoms in total. The largest absolute Gasteiger partial charge is 0.358 e. The molecule has 0 saturated heterocycles. The van der Waals surface area contributed by atoms with Crippen molar-refractivity contribution in [1.82, 2.24) is 0 Å². The molecular formula is C14H20IrO2-2. The number of carbonyl (C=O) groups is 2. The molecule has 2 aliphatic carbocycles. The second-order valence-corrected chi connectivity index (χ2v) is 3.79. The van der Waals surface area contributed by atoms with Gasteiger partial charge in [0.15, 0.2) is 0 Å². The van der Waals surface area contributed by atoms with Gasteiger partial charge in [0.1, 0.15) is 11.6 Å². The molecule has 1 saturated carbocycles. The first-order chi connectivity index (χ1) is 7.29. The topological polar surface area (TPSA) is 34.1 Å². The number of ketones is 2. The van der Waals surface area contributed by atoms with Gasteiger partial charge in [-0.05, 0) is 12.8 Å². The van der Waals surface area contributed by atoms with Crippen LogP contribution in [0, 0.1) is 13.5 Å². The van der Waals surface area contributed by atoms with Gasteiger partial charge in [-0.15, -0.1) is 6.42 Å². The average Bonchev–Trinajstić information content (AvgIpc) is 2.72. The van der Waals surface area contributed by atoms with Crippen molar-refractivity contribution >= 4 is 11.6 Å². The van der Waals surface area contributed by atoms with Crippen LogP contribution in [0.3, 0.4) is 0 Å². The van der Waals surface area contributed by atoms with Crippen molar-refractivity contribution < 1.29 is 29.7 Å². The van der Waals surface area contributed by atoms with E-state index in [9.17, 15) is 9.59 Å². The molecule has 0 amide bonds. The van der Waals surface area contributed by atoms with E-state index in [-0.39, 0.29) is 27.5 Å². The molecule has 0 aliphatic heterocycles. The van der Waals surface area contributed by atoms with Gasteiger partial charge in [0, 0.05) is 45.8 Å².